The van der Waals surface area contributed by atoms with E-state index in [9.17, 15) is 18.0 Å². The highest BCUT2D eigenvalue weighted by atomic mass is 35.5. The van der Waals surface area contributed by atoms with Crippen LogP contribution in [0.25, 0.3) is 10.9 Å². The molecule has 128 valence electrons. The Bertz CT molecular complexity index is 783. The number of nitrogens with zero attached hydrogens (tertiary/aromatic N) is 4. The zero-order valence-electron chi connectivity index (χ0n) is 12.7. The Kier molecular flexibility index (Phi) is 4.25. The van der Waals surface area contributed by atoms with Gasteiger partial charge >= 0.3 is 6.18 Å². The number of aromatic nitrogens is 2. The van der Waals surface area contributed by atoms with Gasteiger partial charge < -0.3 is 9.80 Å². The Morgan fingerprint density at radius 2 is 2.12 bits per heavy atom. The maximum Gasteiger partial charge on any atom is 0.406 e. The van der Waals surface area contributed by atoms with Gasteiger partial charge in [-0.15, -0.1) is 0 Å². The van der Waals surface area contributed by atoms with Crippen molar-refractivity contribution in [1.29, 1.82) is 0 Å². The molecule has 0 N–H and O–H groups in total. The van der Waals surface area contributed by atoms with Gasteiger partial charge in [0, 0.05) is 24.0 Å². The van der Waals surface area contributed by atoms with Crippen molar-refractivity contribution in [3.8, 4) is 0 Å². The summed E-state index contributed by atoms with van der Waals surface area (Å²) in [5.74, 6) is -0.0561. The van der Waals surface area contributed by atoms with E-state index in [-0.39, 0.29) is 6.54 Å². The van der Waals surface area contributed by atoms with E-state index in [1.807, 2.05) is 0 Å². The van der Waals surface area contributed by atoms with Crippen LogP contribution in [0.4, 0.5) is 19.0 Å². The van der Waals surface area contributed by atoms with E-state index < -0.39 is 24.7 Å². The van der Waals surface area contributed by atoms with Gasteiger partial charge in [-0.25, -0.2) is 9.97 Å². The van der Waals surface area contributed by atoms with Crippen molar-refractivity contribution in [3.05, 3.63) is 29.5 Å². The van der Waals surface area contributed by atoms with Gasteiger partial charge in [-0.1, -0.05) is 11.6 Å². The summed E-state index contributed by atoms with van der Waals surface area (Å²) in [7, 11) is 1.65. The lowest BCUT2D eigenvalue weighted by Gasteiger charge is -2.26. The molecule has 2 aromatic rings. The molecule has 0 spiro atoms. The van der Waals surface area contributed by atoms with Crippen LogP contribution in [0.15, 0.2) is 24.5 Å². The summed E-state index contributed by atoms with van der Waals surface area (Å²) in [5, 5.41) is 1.20. The smallest absolute Gasteiger partial charge is 0.347 e. The van der Waals surface area contributed by atoms with E-state index in [1.165, 1.54) is 6.33 Å². The van der Waals surface area contributed by atoms with Crippen LogP contribution in [-0.4, -0.2) is 53.1 Å². The van der Waals surface area contributed by atoms with Crippen molar-refractivity contribution in [3.63, 3.8) is 0 Å². The van der Waals surface area contributed by atoms with E-state index in [0.717, 1.165) is 4.90 Å². The Balaban J connectivity index is 1.88. The van der Waals surface area contributed by atoms with Gasteiger partial charge in [0.25, 0.3) is 0 Å². The van der Waals surface area contributed by atoms with Crippen molar-refractivity contribution < 1.29 is 18.0 Å². The van der Waals surface area contributed by atoms with Crippen LogP contribution in [0.2, 0.25) is 5.02 Å². The van der Waals surface area contributed by atoms with Crippen molar-refractivity contribution in [1.82, 2.24) is 14.9 Å². The number of carbonyl (C=O) groups excluding carboxylic acids is 1. The number of alkyl halides is 3. The molecule has 1 amide bonds. The number of amides is 1. The van der Waals surface area contributed by atoms with Crippen molar-refractivity contribution in [2.45, 2.75) is 18.6 Å². The molecular formula is C15H14ClF3N4O. The molecule has 0 bridgehead atoms. The predicted molar refractivity (Wildman–Crippen MR) is 84.0 cm³/mol. The third-order valence-electron chi connectivity index (χ3n) is 4.02. The second kappa shape index (κ2) is 6.08. The number of hydrogen-bond donors (Lipinski definition) is 0. The Hall–Kier alpha value is -2.09. The van der Waals surface area contributed by atoms with Gasteiger partial charge in [-0.3, -0.25) is 4.79 Å². The van der Waals surface area contributed by atoms with E-state index >= 15 is 0 Å². The summed E-state index contributed by atoms with van der Waals surface area (Å²) >= 11 is 5.94. The first-order chi connectivity index (χ1) is 11.3. The van der Waals surface area contributed by atoms with Crippen LogP contribution in [-0.2, 0) is 4.79 Å². The molecule has 1 unspecified atom stereocenters. The molecule has 3 rings (SSSR count). The van der Waals surface area contributed by atoms with Gasteiger partial charge in [0.1, 0.15) is 24.7 Å². The third kappa shape index (κ3) is 3.24. The maximum absolute atomic E-state index is 12.5. The molecule has 0 aliphatic carbocycles. The fourth-order valence-corrected chi connectivity index (χ4v) is 3.07. The number of likely N-dealkylation sites (tertiary alicyclic amines) is 1. The zero-order chi connectivity index (χ0) is 17.5. The average molecular weight is 359 g/mol. The first-order valence-electron chi connectivity index (χ1n) is 7.25. The highest BCUT2D eigenvalue weighted by Crippen LogP contribution is 2.29. The molecule has 1 aromatic heterocycles. The van der Waals surface area contributed by atoms with Gasteiger partial charge in [-0.2, -0.15) is 13.2 Å². The third-order valence-corrected chi connectivity index (χ3v) is 4.25. The molecule has 1 fully saturated rings. The first kappa shape index (κ1) is 16.8. The molecule has 1 saturated heterocycles. The number of likely N-dealkylation sites (N-methyl/N-ethyl adjacent to an activating group) is 1. The maximum atomic E-state index is 12.5. The number of halogens is 4. The Morgan fingerprint density at radius 3 is 2.83 bits per heavy atom. The second-order valence-corrected chi connectivity index (χ2v) is 6.09. The minimum Gasteiger partial charge on any atom is -0.347 e. The summed E-state index contributed by atoms with van der Waals surface area (Å²) in [6.45, 7) is -1.15. The fourth-order valence-electron chi connectivity index (χ4n) is 2.90. The Labute approximate surface area is 141 Å². The van der Waals surface area contributed by atoms with Crippen LogP contribution in [0.3, 0.4) is 0 Å². The second-order valence-electron chi connectivity index (χ2n) is 5.65. The van der Waals surface area contributed by atoms with Crippen LogP contribution in [0, 0.1) is 0 Å². The van der Waals surface area contributed by atoms with Crippen LogP contribution in [0.1, 0.15) is 6.42 Å². The van der Waals surface area contributed by atoms with E-state index in [2.05, 4.69) is 9.97 Å². The molecule has 1 aliphatic rings. The molecular weight excluding hydrogens is 345 g/mol. The van der Waals surface area contributed by atoms with E-state index in [1.54, 1.807) is 30.1 Å². The van der Waals surface area contributed by atoms with Crippen LogP contribution >= 0.6 is 11.6 Å². The quantitative estimate of drug-likeness (QED) is 0.846. The molecule has 2 heterocycles. The lowest BCUT2D eigenvalue weighted by Crippen LogP contribution is -2.43. The Morgan fingerprint density at radius 1 is 1.38 bits per heavy atom. The highest BCUT2D eigenvalue weighted by Gasteiger charge is 2.41. The average Bonchev–Trinajstić information content (AvgIpc) is 2.85. The number of anilines is 1. The molecule has 5 nitrogen and oxygen atoms in total. The molecule has 0 radical (unpaired) electrons. The molecule has 1 aliphatic heterocycles. The first-order valence-corrected chi connectivity index (χ1v) is 7.63. The topological polar surface area (TPSA) is 49.3 Å². The summed E-state index contributed by atoms with van der Waals surface area (Å²) < 4.78 is 37.6. The number of rotatable bonds is 3. The van der Waals surface area contributed by atoms with Crippen molar-refractivity contribution >= 4 is 34.2 Å². The summed E-state index contributed by atoms with van der Waals surface area (Å²) in [4.78, 5) is 23.1. The number of carbonyl (C=O) groups is 1. The van der Waals surface area contributed by atoms with Crippen LogP contribution in [0.5, 0.6) is 0 Å². The summed E-state index contributed by atoms with van der Waals surface area (Å²) in [6, 6.07) is 4.40. The molecule has 24 heavy (non-hydrogen) atoms. The van der Waals surface area contributed by atoms with Gasteiger partial charge in [0.05, 0.1) is 5.52 Å². The van der Waals surface area contributed by atoms with E-state index in [0.29, 0.717) is 28.2 Å². The largest absolute Gasteiger partial charge is 0.406 e. The summed E-state index contributed by atoms with van der Waals surface area (Å²) in [6.07, 6.45) is -2.75. The predicted octanol–water partition coefficient (Wildman–Crippen LogP) is 2.88. The molecule has 9 heteroatoms. The molecule has 1 aromatic carbocycles. The minimum atomic E-state index is -4.40. The van der Waals surface area contributed by atoms with Gasteiger partial charge in [-0.05, 0) is 24.6 Å². The van der Waals surface area contributed by atoms with Crippen molar-refractivity contribution in [2.24, 2.45) is 0 Å². The SMILES string of the molecule is CN(c1ncnc2cc(Cl)ccc12)C1CCN(CC(F)(F)F)C1=O. The lowest BCUT2D eigenvalue weighted by molar-refractivity contribution is -0.157. The monoisotopic (exact) mass is 358 g/mol. The standard InChI is InChI=1S/C15H14ClF3N4O/c1-22(12-4-5-23(14(12)24)7-15(17,18)19)13-10-3-2-9(16)6-11(10)20-8-21-13/h2-3,6,8,12H,4-5,7H2,1H3. The van der Waals surface area contributed by atoms with Crippen molar-refractivity contribution in [2.75, 3.05) is 25.0 Å². The van der Waals surface area contributed by atoms with E-state index in [4.69, 9.17) is 11.6 Å². The number of fused-ring (bicyclic) bond motifs is 1. The number of benzene rings is 1. The van der Waals surface area contributed by atoms with Gasteiger partial charge in [0.2, 0.25) is 5.91 Å². The fraction of sp³-hybridized carbons (Fsp3) is 0.400. The van der Waals surface area contributed by atoms with Crippen LogP contribution < -0.4 is 4.90 Å². The number of hydrogen-bond acceptors (Lipinski definition) is 4. The lowest BCUT2D eigenvalue weighted by atomic mass is 10.2. The van der Waals surface area contributed by atoms with Gasteiger partial charge in [0.15, 0.2) is 0 Å². The molecule has 1 atom stereocenters. The molecule has 0 saturated carbocycles. The minimum absolute atomic E-state index is 0.0716. The highest BCUT2D eigenvalue weighted by molar-refractivity contribution is 6.31. The summed E-state index contributed by atoms with van der Waals surface area (Å²) in [5.41, 5.74) is 0.608. The zero-order valence-corrected chi connectivity index (χ0v) is 13.5. The normalized spacial score (nSPS) is 18.5.